The fraction of sp³-hybridized carbons (Fsp3) is 0.344. The van der Waals surface area contributed by atoms with E-state index in [1.807, 2.05) is 60.1 Å². The molecule has 7 heteroatoms. The first kappa shape index (κ1) is 25.6. The van der Waals surface area contributed by atoms with E-state index in [1.165, 1.54) is 16.9 Å². The van der Waals surface area contributed by atoms with Crippen molar-refractivity contribution < 1.29 is 9.59 Å². The molecule has 1 aliphatic heterocycles. The van der Waals surface area contributed by atoms with Gasteiger partial charge in [0.2, 0.25) is 5.91 Å². The van der Waals surface area contributed by atoms with Crippen LogP contribution < -0.4 is 16.0 Å². The summed E-state index contributed by atoms with van der Waals surface area (Å²) in [6.07, 6.45) is 7.83. The average Bonchev–Trinajstić information content (AvgIpc) is 3.42. The number of rotatable bonds is 5. The molecule has 3 heterocycles. The Kier molecular flexibility index (Phi) is 6.85. The lowest BCUT2D eigenvalue weighted by Gasteiger charge is -2.45. The van der Waals surface area contributed by atoms with Gasteiger partial charge in [0.05, 0.1) is 11.2 Å². The zero-order chi connectivity index (χ0) is 26.9. The molecule has 2 aromatic heterocycles. The van der Waals surface area contributed by atoms with Gasteiger partial charge in [-0.2, -0.15) is 0 Å². The Morgan fingerprint density at radius 3 is 2.67 bits per heavy atom. The smallest absolute Gasteiger partial charge is 0.263 e. The fourth-order valence-corrected chi connectivity index (χ4v) is 6.95. The van der Waals surface area contributed by atoms with Gasteiger partial charge in [0.1, 0.15) is 4.88 Å². The molecule has 2 amide bonds. The monoisotopic (exact) mass is 538 g/mol. The first-order valence-electron chi connectivity index (χ1n) is 13.8. The number of amides is 2. The number of thiophene rings is 1. The van der Waals surface area contributed by atoms with Crippen LogP contribution >= 0.6 is 11.3 Å². The van der Waals surface area contributed by atoms with E-state index in [-0.39, 0.29) is 22.8 Å². The molecule has 1 saturated carbocycles. The molecule has 4 aromatic rings. The number of nitrogens with zero attached hydrogens (tertiary/aromatic N) is 1. The molecule has 39 heavy (non-hydrogen) atoms. The van der Waals surface area contributed by atoms with Crippen LogP contribution in [-0.2, 0) is 17.8 Å². The lowest BCUT2D eigenvalue weighted by atomic mass is 9.64. The number of carbonyl (C=O) groups is 2. The lowest BCUT2D eigenvalue weighted by Crippen LogP contribution is -2.52. The molecule has 6 nitrogen and oxygen atoms in total. The number of pyridine rings is 1. The van der Waals surface area contributed by atoms with E-state index >= 15 is 0 Å². The molecular formula is C32H34N4O2S. The number of hydrogen-bond donors (Lipinski definition) is 3. The Labute approximate surface area is 233 Å². The Morgan fingerprint density at radius 1 is 1.00 bits per heavy atom. The topological polar surface area (TPSA) is 83.1 Å². The maximum Gasteiger partial charge on any atom is 0.263 e. The molecule has 6 rings (SSSR count). The molecule has 0 unspecified atom stereocenters. The molecular weight excluding hydrogens is 504 g/mol. The normalized spacial score (nSPS) is 22.9. The van der Waals surface area contributed by atoms with E-state index in [2.05, 4.69) is 40.0 Å². The van der Waals surface area contributed by atoms with Gasteiger partial charge in [-0.05, 0) is 92.6 Å². The zero-order valence-corrected chi connectivity index (χ0v) is 23.1. The Bertz CT molecular complexity index is 1510. The molecule has 2 aliphatic rings. The van der Waals surface area contributed by atoms with E-state index in [0.29, 0.717) is 11.4 Å². The summed E-state index contributed by atoms with van der Waals surface area (Å²) in [4.78, 5) is 32.0. The standard InChI is InChI=1S/C32H34N4O2S/c1-31(15-17-32(18-16-31)14-6-8-22-7-2-4-10-25(22)35-30(32)38)36-29(37)28-27(13-20-39-28)34-21-23-12-19-33-26-11-5-3-9-24(23)26/h2-5,7,9-13,19-20,34H,6,8,14-18,21H2,1H3,(H,35,38)(H,36,37). The van der Waals surface area contributed by atoms with Crippen LogP contribution in [0.15, 0.2) is 72.2 Å². The molecule has 0 atom stereocenters. The number of carbonyl (C=O) groups excluding carboxylic acids is 2. The number of hydrogen-bond acceptors (Lipinski definition) is 5. The van der Waals surface area contributed by atoms with Gasteiger partial charge in [-0.15, -0.1) is 11.3 Å². The van der Waals surface area contributed by atoms with Crippen molar-refractivity contribution in [3.8, 4) is 0 Å². The third-order valence-corrected chi connectivity index (χ3v) is 9.57. The van der Waals surface area contributed by atoms with Gasteiger partial charge in [-0.1, -0.05) is 36.4 Å². The predicted molar refractivity (Wildman–Crippen MR) is 158 cm³/mol. The van der Waals surface area contributed by atoms with Gasteiger partial charge >= 0.3 is 0 Å². The quantitative estimate of drug-likeness (QED) is 0.257. The van der Waals surface area contributed by atoms with Gasteiger partial charge in [0, 0.05) is 34.8 Å². The Morgan fingerprint density at radius 2 is 1.79 bits per heavy atom. The van der Waals surface area contributed by atoms with Crippen molar-refractivity contribution >= 4 is 45.4 Å². The minimum Gasteiger partial charge on any atom is -0.380 e. The third-order valence-electron chi connectivity index (χ3n) is 8.65. The van der Waals surface area contributed by atoms with Crippen molar-refractivity contribution in [2.75, 3.05) is 10.6 Å². The van der Waals surface area contributed by atoms with Crippen molar-refractivity contribution in [3.63, 3.8) is 0 Å². The summed E-state index contributed by atoms with van der Waals surface area (Å²) in [6.45, 7) is 2.73. The van der Waals surface area contributed by atoms with Crippen molar-refractivity contribution in [2.24, 2.45) is 5.41 Å². The number of anilines is 2. The first-order valence-corrected chi connectivity index (χ1v) is 14.7. The number of fused-ring (bicyclic) bond motifs is 2. The van der Waals surface area contributed by atoms with Gasteiger partial charge in [0.15, 0.2) is 0 Å². The van der Waals surface area contributed by atoms with E-state index in [1.54, 1.807) is 0 Å². The molecule has 200 valence electrons. The summed E-state index contributed by atoms with van der Waals surface area (Å²) < 4.78 is 0. The average molecular weight is 539 g/mol. The van der Waals surface area contributed by atoms with Gasteiger partial charge in [0.25, 0.3) is 5.91 Å². The summed E-state index contributed by atoms with van der Waals surface area (Å²) >= 11 is 1.45. The largest absolute Gasteiger partial charge is 0.380 e. The van der Waals surface area contributed by atoms with Crippen LogP contribution in [0.4, 0.5) is 11.4 Å². The minimum atomic E-state index is -0.360. The minimum absolute atomic E-state index is 0.0541. The van der Waals surface area contributed by atoms with Crippen molar-refractivity contribution in [2.45, 2.75) is 64.0 Å². The van der Waals surface area contributed by atoms with Crippen LogP contribution in [0.2, 0.25) is 0 Å². The molecule has 1 fully saturated rings. The second-order valence-electron chi connectivity index (χ2n) is 11.3. The third kappa shape index (κ3) is 5.15. The molecule has 3 N–H and O–H groups in total. The van der Waals surface area contributed by atoms with Crippen LogP contribution in [0.3, 0.4) is 0 Å². The van der Waals surface area contributed by atoms with E-state index in [0.717, 1.165) is 72.8 Å². The van der Waals surface area contributed by atoms with Crippen LogP contribution in [0, 0.1) is 5.41 Å². The highest BCUT2D eigenvalue weighted by Gasteiger charge is 2.46. The summed E-state index contributed by atoms with van der Waals surface area (Å²) in [7, 11) is 0. The van der Waals surface area contributed by atoms with Gasteiger partial charge in [-0.3, -0.25) is 14.6 Å². The van der Waals surface area contributed by atoms with E-state index in [4.69, 9.17) is 0 Å². The van der Waals surface area contributed by atoms with E-state index in [9.17, 15) is 9.59 Å². The number of aryl methyl sites for hydroxylation is 1. The van der Waals surface area contributed by atoms with Crippen LogP contribution in [0.25, 0.3) is 10.9 Å². The molecule has 1 spiro atoms. The zero-order valence-electron chi connectivity index (χ0n) is 22.3. The second kappa shape index (κ2) is 10.5. The maximum absolute atomic E-state index is 13.5. The number of nitrogens with one attached hydrogen (secondary N) is 3. The van der Waals surface area contributed by atoms with Gasteiger partial charge < -0.3 is 16.0 Å². The molecule has 0 saturated heterocycles. The van der Waals surface area contributed by atoms with Crippen LogP contribution in [0.1, 0.15) is 66.2 Å². The fourth-order valence-electron chi connectivity index (χ4n) is 6.18. The Balaban J connectivity index is 1.11. The number of para-hydroxylation sites is 2. The van der Waals surface area contributed by atoms with Crippen molar-refractivity contribution in [3.05, 3.63) is 88.2 Å². The highest BCUT2D eigenvalue weighted by atomic mass is 32.1. The molecule has 1 aliphatic carbocycles. The second-order valence-corrected chi connectivity index (χ2v) is 12.2. The van der Waals surface area contributed by atoms with Crippen LogP contribution in [0.5, 0.6) is 0 Å². The van der Waals surface area contributed by atoms with Crippen molar-refractivity contribution in [1.82, 2.24) is 10.3 Å². The van der Waals surface area contributed by atoms with Crippen molar-refractivity contribution in [1.29, 1.82) is 0 Å². The first-order chi connectivity index (χ1) is 18.9. The lowest BCUT2D eigenvalue weighted by molar-refractivity contribution is -0.129. The highest BCUT2D eigenvalue weighted by molar-refractivity contribution is 7.12. The SMILES string of the molecule is CC1(NC(=O)c2sccc2NCc2ccnc3ccccc23)CCC2(CCCc3ccccc3NC2=O)CC1. The van der Waals surface area contributed by atoms with Gasteiger partial charge in [-0.25, -0.2) is 0 Å². The molecule has 2 aromatic carbocycles. The van der Waals surface area contributed by atoms with E-state index < -0.39 is 0 Å². The summed E-state index contributed by atoms with van der Waals surface area (Å²) in [5.74, 6) is 0.0815. The predicted octanol–water partition coefficient (Wildman–Crippen LogP) is 6.93. The van der Waals surface area contributed by atoms with Crippen LogP contribution in [-0.4, -0.2) is 22.3 Å². The molecule has 0 bridgehead atoms. The summed E-state index contributed by atoms with van der Waals surface area (Å²) in [5, 5.41) is 13.1. The molecule has 0 radical (unpaired) electrons. The highest BCUT2D eigenvalue weighted by Crippen LogP contribution is 2.46. The maximum atomic E-state index is 13.5. The summed E-state index contributed by atoms with van der Waals surface area (Å²) in [5.41, 5.74) is 4.40. The Hall–Kier alpha value is -3.71. The number of aromatic nitrogens is 1. The summed E-state index contributed by atoms with van der Waals surface area (Å²) in [6, 6.07) is 20.2. The number of benzene rings is 2.